The molecule has 0 aromatic carbocycles. The molecule has 19 heavy (non-hydrogen) atoms. The molecule has 2 heterocycles. The molecule has 2 aliphatic rings. The van der Waals surface area contributed by atoms with Crippen LogP contribution in [0.4, 0.5) is 0 Å². The summed E-state index contributed by atoms with van der Waals surface area (Å²) in [6, 6.07) is -0.144. The van der Waals surface area contributed by atoms with Crippen LogP contribution < -0.4 is 10.6 Å². The van der Waals surface area contributed by atoms with Crippen molar-refractivity contribution < 1.29 is 4.79 Å². The number of H-pyrrole nitrogens is 1. The molecule has 1 unspecified atom stereocenters. The van der Waals surface area contributed by atoms with Crippen LogP contribution in [0, 0.1) is 0 Å². The van der Waals surface area contributed by atoms with E-state index in [9.17, 15) is 4.79 Å². The van der Waals surface area contributed by atoms with Crippen LogP contribution in [0.5, 0.6) is 0 Å². The van der Waals surface area contributed by atoms with E-state index in [1.54, 1.807) is 6.33 Å². The molecule has 5 nitrogen and oxygen atoms in total. The molecule has 0 spiro atoms. The van der Waals surface area contributed by atoms with Crippen LogP contribution in [0.25, 0.3) is 0 Å². The Bertz CT molecular complexity index is 462. The minimum atomic E-state index is -0.144. The van der Waals surface area contributed by atoms with Crippen LogP contribution in [-0.4, -0.2) is 27.5 Å². The lowest BCUT2D eigenvalue weighted by Crippen LogP contribution is -2.55. The van der Waals surface area contributed by atoms with Crippen LogP contribution in [-0.2, 0) is 17.8 Å². The number of imidazole rings is 1. The van der Waals surface area contributed by atoms with Gasteiger partial charge in [-0.2, -0.15) is 0 Å². The van der Waals surface area contributed by atoms with Crippen molar-refractivity contribution in [3.05, 3.63) is 17.7 Å². The van der Waals surface area contributed by atoms with Gasteiger partial charge in [0.1, 0.15) is 0 Å². The maximum atomic E-state index is 12.4. The Morgan fingerprint density at radius 3 is 3.00 bits per heavy atom. The molecule has 0 radical (unpaired) electrons. The average Bonchev–Trinajstić information content (AvgIpc) is 2.86. The largest absolute Gasteiger partial charge is 0.350 e. The summed E-state index contributed by atoms with van der Waals surface area (Å²) in [4.78, 5) is 19.8. The van der Waals surface area contributed by atoms with Crippen molar-refractivity contribution in [2.45, 2.75) is 63.6 Å². The Kier molecular flexibility index (Phi) is 3.31. The predicted octanol–water partition coefficient (Wildman–Crippen LogP) is 1.26. The fourth-order valence-electron chi connectivity index (χ4n) is 3.20. The van der Waals surface area contributed by atoms with E-state index in [2.05, 4.69) is 27.5 Å². The standard InChI is InChI=1S/C14H22N4O/c1-14(5-3-2-4-6-14)18-13(19)11-7-10-12(8-15-11)17-9-16-10/h9,11,15H,2-8H2,1H3,(H,16,17)(H,18,19). The van der Waals surface area contributed by atoms with Crippen molar-refractivity contribution in [3.8, 4) is 0 Å². The third kappa shape index (κ3) is 2.66. The van der Waals surface area contributed by atoms with Gasteiger partial charge < -0.3 is 10.3 Å². The molecule has 3 N–H and O–H groups in total. The zero-order valence-corrected chi connectivity index (χ0v) is 11.5. The first-order valence-electron chi connectivity index (χ1n) is 7.23. The van der Waals surface area contributed by atoms with Gasteiger partial charge in [0.15, 0.2) is 0 Å². The number of amides is 1. The monoisotopic (exact) mass is 262 g/mol. The Labute approximate surface area is 113 Å². The number of aromatic amines is 1. The Morgan fingerprint density at radius 2 is 2.21 bits per heavy atom. The van der Waals surface area contributed by atoms with Crippen molar-refractivity contribution in [2.24, 2.45) is 0 Å². The molecule has 0 saturated heterocycles. The zero-order valence-electron chi connectivity index (χ0n) is 11.5. The molecule has 3 rings (SSSR count). The number of aromatic nitrogens is 2. The smallest absolute Gasteiger partial charge is 0.237 e. The van der Waals surface area contributed by atoms with Crippen LogP contribution in [0.2, 0.25) is 0 Å². The number of nitrogens with one attached hydrogen (secondary N) is 3. The molecule has 1 aliphatic heterocycles. The van der Waals surface area contributed by atoms with E-state index >= 15 is 0 Å². The summed E-state index contributed by atoms with van der Waals surface area (Å²) in [6.45, 7) is 2.87. The number of carbonyl (C=O) groups is 1. The average molecular weight is 262 g/mol. The highest BCUT2D eigenvalue weighted by Gasteiger charge is 2.32. The minimum Gasteiger partial charge on any atom is -0.350 e. The lowest BCUT2D eigenvalue weighted by molar-refractivity contribution is -0.125. The van der Waals surface area contributed by atoms with Gasteiger partial charge in [-0.1, -0.05) is 19.3 Å². The molecule has 5 heteroatoms. The van der Waals surface area contributed by atoms with Gasteiger partial charge in [-0.3, -0.25) is 10.1 Å². The summed E-state index contributed by atoms with van der Waals surface area (Å²) < 4.78 is 0. The van der Waals surface area contributed by atoms with E-state index in [1.807, 2.05) is 0 Å². The summed E-state index contributed by atoms with van der Waals surface area (Å²) in [5, 5.41) is 6.53. The Morgan fingerprint density at radius 1 is 1.42 bits per heavy atom. The van der Waals surface area contributed by atoms with Crippen molar-refractivity contribution in [1.29, 1.82) is 0 Å². The van der Waals surface area contributed by atoms with Gasteiger partial charge in [0.25, 0.3) is 0 Å². The number of hydrogen-bond acceptors (Lipinski definition) is 3. The summed E-state index contributed by atoms with van der Waals surface area (Å²) in [5.74, 6) is 0.123. The van der Waals surface area contributed by atoms with E-state index in [1.165, 1.54) is 19.3 Å². The first-order chi connectivity index (χ1) is 9.16. The first kappa shape index (κ1) is 12.7. The van der Waals surface area contributed by atoms with Crippen LogP contribution >= 0.6 is 0 Å². The number of rotatable bonds is 2. The highest BCUT2D eigenvalue weighted by molar-refractivity contribution is 5.83. The number of carbonyl (C=O) groups excluding carboxylic acids is 1. The van der Waals surface area contributed by atoms with Crippen molar-refractivity contribution in [1.82, 2.24) is 20.6 Å². The maximum absolute atomic E-state index is 12.4. The van der Waals surface area contributed by atoms with Crippen LogP contribution in [0.1, 0.15) is 50.4 Å². The highest BCUT2D eigenvalue weighted by Crippen LogP contribution is 2.27. The Hall–Kier alpha value is -1.36. The third-order valence-electron chi connectivity index (χ3n) is 4.43. The van der Waals surface area contributed by atoms with Gasteiger partial charge >= 0.3 is 0 Å². The fraction of sp³-hybridized carbons (Fsp3) is 0.714. The molecule has 1 amide bonds. The second kappa shape index (κ2) is 4.96. The minimum absolute atomic E-state index is 0.0110. The van der Waals surface area contributed by atoms with Crippen LogP contribution in [0.15, 0.2) is 6.33 Å². The molecular formula is C14H22N4O. The van der Waals surface area contributed by atoms with E-state index < -0.39 is 0 Å². The number of nitrogens with zero attached hydrogens (tertiary/aromatic N) is 1. The van der Waals surface area contributed by atoms with E-state index in [4.69, 9.17) is 0 Å². The van der Waals surface area contributed by atoms with E-state index in [-0.39, 0.29) is 17.5 Å². The van der Waals surface area contributed by atoms with Gasteiger partial charge in [0.2, 0.25) is 5.91 Å². The van der Waals surface area contributed by atoms with Crippen LogP contribution in [0.3, 0.4) is 0 Å². The van der Waals surface area contributed by atoms with E-state index in [0.29, 0.717) is 13.0 Å². The predicted molar refractivity (Wildman–Crippen MR) is 72.6 cm³/mol. The Balaban J connectivity index is 1.62. The molecule has 1 aromatic heterocycles. The lowest BCUT2D eigenvalue weighted by Gasteiger charge is -2.36. The zero-order chi connectivity index (χ0) is 13.3. The maximum Gasteiger partial charge on any atom is 0.237 e. The highest BCUT2D eigenvalue weighted by atomic mass is 16.2. The molecule has 1 fully saturated rings. The van der Waals surface area contributed by atoms with Gasteiger partial charge in [0, 0.05) is 18.5 Å². The van der Waals surface area contributed by atoms with Gasteiger partial charge in [-0.15, -0.1) is 0 Å². The van der Waals surface area contributed by atoms with Gasteiger partial charge in [-0.05, 0) is 19.8 Å². The third-order valence-corrected chi connectivity index (χ3v) is 4.43. The first-order valence-corrected chi connectivity index (χ1v) is 7.23. The molecular weight excluding hydrogens is 240 g/mol. The molecule has 1 atom stereocenters. The fourth-order valence-corrected chi connectivity index (χ4v) is 3.20. The lowest BCUT2D eigenvalue weighted by atomic mass is 9.83. The van der Waals surface area contributed by atoms with Gasteiger partial charge in [-0.25, -0.2) is 4.98 Å². The molecule has 1 saturated carbocycles. The second-order valence-corrected chi connectivity index (χ2v) is 6.08. The normalized spacial score (nSPS) is 25.6. The topological polar surface area (TPSA) is 69.8 Å². The molecule has 1 aliphatic carbocycles. The summed E-state index contributed by atoms with van der Waals surface area (Å²) in [6.07, 6.45) is 8.31. The molecule has 104 valence electrons. The van der Waals surface area contributed by atoms with Crippen molar-refractivity contribution >= 4 is 5.91 Å². The molecule has 0 bridgehead atoms. The quantitative estimate of drug-likeness (QED) is 0.751. The second-order valence-electron chi connectivity index (χ2n) is 6.08. The summed E-state index contributed by atoms with van der Waals surface area (Å²) in [5.41, 5.74) is 2.11. The van der Waals surface area contributed by atoms with Gasteiger partial charge in [0.05, 0.1) is 23.8 Å². The van der Waals surface area contributed by atoms with E-state index in [0.717, 1.165) is 24.2 Å². The SMILES string of the molecule is CC1(NC(=O)C2Cc3nc[nH]c3CN2)CCCCC1. The van der Waals surface area contributed by atoms with Crippen molar-refractivity contribution in [2.75, 3.05) is 0 Å². The summed E-state index contributed by atoms with van der Waals surface area (Å²) >= 11 is 0. The van der Waals surface area contributed by atoms with Crippen molar-refractivity contribution in [3.63, 3.8) is 0 Å². The molecule has 1 aromatic rings. The number of hydrogen-bond donors (Lipinski definition) is 3. The number of fused-ring (bicyclic) bond motifs is 1. The summed E-state index contributed by atoms with van der Waals surface area (Å²) in [7, 11) is 0.